The highest BCUT2D eigenvalue weighted by atomic mass is 35.5. The highest BCUT2D eigenvalue weighted by Crippen LogP contribution is 2.29. The smallest absolute Gasteiger partial charge is 0.263 e. The van der Waals surface area contributed by atoms with E-state index in [4.69, 9.17) is 16.3 Å². The molecule has 0 atom stereocenters. The molecule has 4 rings (SSSR count). The number of halogens is 1. The van der Waals surface area contributed by atoms with Crippen LogP contribution in [-0.4, -0.2) is 42.0 Å². The lowest BCUT2D eigenvalue weighted by atomic mass is 9.96. The summed E-state index contributed by atoms with van der Waals surface area (Å²) < 4.78 is 32.6. The Labute approximate surface area is 193 Å². The van der Waals surface area contributed by atoms with Gasteiger partial charge in [-0.15, -0.1) is 0 Å². The zero-order valence-corrected chi connectivity index (χ0v) is 18.9. The van der Waals surface area contributed by atoms with E-state index in [1.54, 1.807) is 13.0 Å². The molecule has 1 aliphatic rings. The van der Waals surface area contributed by atoms with Gasteiger partial charge in [0, 0.05) is 17.4 Å². The predicted octanol–water partition coefficient (Wildman–Crippen LogP) is 2.93. The van der Waals surface area contributed by atoms with Gasteiger partial charge in [-0.1, -0.05) is 11.6 Å². The Morgan fingerprint density at radius 1 is 1.00 bits per heavy atom. The lowest BCUT2D eigenvalue weighted by Crippen LogP contribution is -2.25. The zero-order chi connectivity index (χ0) is 23.8. The van der Waals surface area contributed by atoms with Gasteiger partial charge < -0.3 is 10.1 Å². The minimum Gasteiger partial charge on any atom is -0.481 e. The van der Waals surface area contributed by atoms with Crippen LogP contribution >= 0.6 is 11.6 Å². The van der Waals surface area contributed by atoms with E-state index in [0.29, 0.717) is 11.4 Å². The van der Waals surface area contributed by atoms with Gasteiger partial charge in [-0.2, -0.15) is 0 Å². The standard InChI is InChI=1S/C21H16ClN5O5S/c1-11-3-8-14-18(25-11)21(29)17(22)19(20(14)28)26-12-4-6-13(7-5-12)33(30,31)27-15-9-16(32-2)24-10-23-15/h3-10,26H,1-2H3,(H,23,24,27). The molecule has 1 aliphatic carbocycles. The lowest BCUT2D eigenvalue weighted by molar-refractivity contribution is 0.0978. The number of rotatable bonds is 6. The van der Waals surface area contributed by atoms with Gasteiger partial charge in [0.1, 0.15) is 28.6 Å². The highest BCUT2D eigenvalue weighted by molar-refractivity contribution is 7.92. The summed E-state index contributed by atoms with van der Waals surface area (Å²) in [6, 6.07) is 10.0. The number of aromatic nitrogens is 3. The molecule has 2 aromatic heterocycles. The number of methoxy groups -OCH3 is 1. The Morgan fingerprint density at radius 3 is 2.42 bits per heavy atom. The number of hydrogen-bond acceptors (Lipinski definition) is 9. The fraction of sp³-hybridized carbons (Fsp3) is 0.0952. The van der Waals surface area contributed by atoms with Crippen LogP contribution in [0.15, 0.2) is 64.4 Å². The van der Waals surface area contributed by atoms with E-state index in [-0.39, 0.29) is 38.6 Å². The third-order valence-corrected chi connectivity index (χ3v) is 6.40. The molecular weight excluding hydrogens is 470 g/mol. The number of nitrogens with zero attached hydrogens (tertiary/aromatic N) is 3. The topological polar surface area (TPSA) is 140 Å². The Morgan fingerprint density at radius 2 is 1.73 bits per heavy atom. The number of hydrogen-bond donors (Lipinski definition) is 2. The van der Waals surface area contributed by atoms with E-state index in [9.17, 15) is 18.0 Å². The molecule has 12 heteroatoms. The van der Waals surface area contributed by atoms with Crippen LogP contribution in [-0.2, 0) is 10.0 Å². The maximum absolute atomic E-state index is 12.8. The number of allylic oxidation sites excluding steroid dienone is 2. The number of carbonyl (C=O) groups is 2. The summed E-state index contributed by atoms with van der Waals surface area (Å²) in [5, 5.41) is 2.52. The first-order valence-electron chi connectivity index (χ1n) is 9.42. The second-order valence-corrected chi connectivity index (χ2v) is 8.96. The van der Waals surface area contributed by atoms with Crippen LogP contribution in [0.3, 0.4) is 0 Å². The van der Waals surface area contributed by atoms with Crippen molar-refractivity contribution in [3.05, 3.63) is 76.5 Å². The monoisotopic (exact) mass is 485 g/mol. The average molecular weight is 486 g/mol. The van der Waals surface area contributed by atoms with E-state index in [2.05, 4.69) is 25.0 Å². The maximum atomic E-state index is 12.8. The molecule has 0 unspecified atom stereocenters. The van der Waals surface area contributed by atoms with E-state index in [1.165, 1.54) is 49.8 Å². The van der Waals surface area contributed by atoms with Crippen molar-refractivity contribution >= 4 is 44.7 Å². The van der Waals surface area contributed by atoms with Crippen molar-refractivity contribution < 1.29 is 22.7 Å². The number of benzene rings is 1. The molecule has 10 nitrogen and oxygen atoms in total. The molecule has 2 N–H and O–H groups in total. The quantitative estimate of drug-likeness (QED) is 0.539. The zero-order valence-electron chi connectivity index (χ0n) is 17.3. The molecule has 1 aromatic carbocycles. The van der Waals surface area contributed by atoms with Gasteiger partial charge in [0.05, 0.1) is 17.6 Å². The normalized spacial score (nSPS) is 13.5. The first-order chi connectivity index (χ1) is 15.7. The van der Waals surface area contributed by atoms with E-state index < -0.39 is 21.6 Å². The second kappa shape index (κ2) is 8.60. The van der Waals surface area contributed by atoms with E-state index >= 15 is 0 Å². The molecule has 0 fully saturated rings. The Hall–Kier alpha value is -3.83. The molecular formula is C21H16ClN5O5S. The third-order valence-electron chi connectivity index (χ3n) is 4.66. The van der Waals surface area contributed by atoms with Gasteiger partial charge in [-0.25, -0.2) is 23.4 Å². The highest BCUT2D eigenvalue weighted by Gasteiger charge is 2.33. The number of sulfonamides is 1. The van der Waals surface area contributed by atoms with Crippen molar-refractivity contribution in [3.63, 3.8) is 0 Å². The van der Waals surface area contributed by atoms with Crippen molar-refractivity contribution in [1.29, 1.82) is 0 Å². The average Bonchev–Trinajstić information content (AvgIpc) is 2.80. The number of ether oxygens (including phenoxy) is 1. The van der Waals surface area contributed by atoms with Crippen LogP contribution < -0.4 is 14.8 Å². The van der Waals surface area contributed by atoms with Crippen molar-refractivity contribution in [2.75, 3.05) is 17.1 Å². The number of Topliss-reactive ketones (excluding diaryl/α,β-unsaturated/α-hetero) is 2. The van der Waals surface area contributed by atoms with Crippen molar-refractivity contribution in [3.8, 4) is 5.88 Å². The Bertz CT molecular complexity index is 1420. The third kappa shape index (κ3) is 4.41. The van der Waals surface area contributed by atoms with Crippen LogP contribution in [0.5, 0.6) is 5.88 Å². The minimum atomic E-state index is -3.95. The molecule has 0 amide bonds. The number of carbonyl (C=O) groups excluding carboxylic acids is 2. The number of anilines is 2. The first-order valence-corrected chi connectivity index (χ1v) is 11.3. The largest absolute Gasteiger partial charge is 0.481 e. The summed E-state index contributed by atoms with van der Waals surface area (Å²) in [6.07, 6.45) is 1.17. The molecule has 0 spiro atoms. The summed E-state index contributed by atoms with van der Waals surface area (Å²) in [4.78, 5) is 37.1. The summed E-state index contributed by atoms with van der Waals surface area (Å²) in [5.41, 5.74) is 0.976. The molecule has 0 saturated carbocycles. The number of nitrogens with one attached hydrogen (secondary N) is 2. The van der Waals surface area contributed by atoms with Crippen molar-refractivity contribution in [2.24, 2.45) is 0 Å². The lowest BCUT2D eigenvalue weighted by Gasteiger charge is -2.18. The summed E-state index contributed by atoms with van der Waals surface area (Å²) in [6.45, 7) is 1.70. The van der Waals surface area contributed by atoms with Crippen LogP contribution in [0.25, 0.3) is 0 Å². The molecule has 0 saturated heterocycles. The van der Waals surface area contributed by atoms with Crippen molar-refractivity contribution in [1.82, 2.24) is 15.0 Å². The SMILES string of the molecule is COc1cc(NS(=O)(=O)c2ccc(NC3=C(Cl)C(=O)c4nc(C)ccc4C3=O)cc2)ncn1. The minimum absolute atomic E-state index is 0.00409. The fourth-order valence-corrected chi connectivity index (χ4v) is 4.26. The molecule has 3 aromatic rings. The first kappa shape index (κ1) is 22.4. The fourth-order valence-electron chi connectivity index (χ4n) is 3.04. The van der Waals surface area contributed by atoms with E-state index in [1.807, 2.05) is 0 Å². The van der Waals surface area contributed by atoms with Gasteiger partial charge in [-0.3, -0.25) is 14.3 Å². The maximum Gasteiger partial charge on any atom is 0.263 e. The van der Waals surface area contributed by atoms with E-state index in [0.717, 1.165) is 0 Å². The number of aryl methyl sites for hydroxylation is 1. The Kier molecular flexibility index (Phi) is 5.83. The number of pyridine rings is 1. The number of ketones is 2. The molecule has 33 heavy (non-hydrogen) atoms. The van der Waals surface area contributed by atoms with Gasteiger partial charge >= 0.3 is 0 Å². The molecule has 168 valence electrons. The Balaban J connectivity index is 1.56. The van der Waals surface area contributed by atoms with Gasteiger partial charge in [-0.05, 0) is 43.3 Å². The summed E-state index contributed by atoms with van der Waals surface area (Å²) in [5.74, 6) is -0.819. The predicted molar refractivity (Wildman–Crippen MR) is 120 cm³/mol. The van der Waals surface area contributed by atoms with Crippen LogP contribution in [0.2, 0.25) is 0 Å². The van der Waals surface area contributed by atoms with Gasteiger partial charge in [0.15, 0.2) is 0 Å². The van der Waals surface area contributed by atoms with Crippen LogP contribution in [0.4, 0.5) is 11.5 Å². The summed E-state index contributed by atoms with van der Waals surface area (Å²) in [7, 11) is -2.56. The molecule has 0 bridgehead atoms. The summed E-state index contributed by atoms with van der Waals surface area (Å²) >= 11 is 6.16. The second-order valence-electron chi connectivity index (χ2n) is 6.90. The molecule has 0 radical (unpaired) electrons. The number of fused-ring (bicyclic) bond motifs is 1. The van der Waals surface area contributed by atoms with Crippen LogP contribution in [0, 0.1) is 6.92 Å². The van der Waals surface area contributed by atoms with Crippen molar-refractivity contribution in [2.45, 2.75) is 11.8 Å². The van der Waals surface area contributed by atoms with Gasteiger partial charge in [0.25, 0.3) is 10.0 Å². The molecule has 0 aliphatic heterocycles. The molecule has 2 heterocycles. The van der Waals surface area contributed by atoms with Crippen LogP contribution in [0.1, 0.15) is 26.5 Å². The van der Waals surface area contributed by atoms with Gasteiger partial charge in [0.2, 0.25) is 17.4 Å².